The average molecular weight is 196 g/mol. The molecule has 0 heterocycles. The lowest BCUT2D eigenvalue weighted by Gasteiger charge is -2.08. The van der Waals surface area contributed by atoms with E-state index >= 15 is 0 Å². The van der Waals surface area contributed by atoms with Crippen LogP contribution >= 0.6 is 8.58 Å². The van der Waals surface area contributed by atoms with E-state index in [0.29, 0.717) is 15.0 Å². The van der Waals surface area contributed by atoms with E-state index in [-0.39, 0.29) is 5.66 Å². The van der Waals surface area contributed by atoms with Crippen LogP contribution in [0.1, 0.15) is 13.3 Å². The Balaban J connectivity index is 2.62. The van der Waals surface area contributed by atoms with Gasteiger partial charge in [0.1, 0.15) is 0 Å². The molecule has 2 nitrogen and oxygen atoms in total. The maximum absolute atomic E-state index is 10.7. The van der Waals surface area contributed by atoms with Crippen molar-refractivity contribution >= 4 is 19.9 Å². The van der Waals surface area contributed by atoms with Crippen molar-refractivity contribution in [2.24, 2.45) is 0 Å². The standard InChI is InChI=1S/C10H13O2P/c1-2-9(10(11)12)13-8-6-4-3-5-7-8/h3-7,9,13H,2H2,1H3,(H,11,12). The Morgan fingerprint density at radius 1 is 1.46 bits per heavy atom. The molecule has 0 amide bonds. The lowest BCUT2D eigenvalue weighted by Crippen LogP contribution is -2.16. The summed E-state index contributed by atoms with van der Waals surface area (Å²) < 4.78 is 0. The molecule has 0 saturated carbocycles. The second-order valence-electron chi connectivity index (χ2n) is 2.81. The van der Waals surface area contributed by atoms with Crippen LogP contribution in [0.5, 0.6) is 0 Å². The second kappa shape index (κ2) is 4.98. The third-order valence-electron chi connectivity index (χ3n) is 1.82. The fourth-order valence-electron chi connectivity index (χ4n) is 1.07. The van der Waals surface area contributed by atoms with Gasteiger partial charge in [0, 0.05) is 0 Å². The van der Waals surface area contributed by atoms with Crippen LogP contribution in [0.3, 0.4) is 0 Å². The molecular formula is C10H13O2P. The Kier molecular flexibility index (Phi) is 3.91. The minimum atomic E-state index is -0.690. The van der Waals surface area contributed by atoms with E-state index < -0.39 is 5.97 Å². The van der Waals surface area contributed by atoms with Gasteiger partial charge in [0.25, 0.3) is 0 Å². The summed E-state index contributed by atoms with van der Waals surface area (Å²) in [5.74, 6) is -0.690. The number of rotatable bonds is 4. The summed E-state index contributed by atoms with van der Waals surface area (Å²) in [5, 5.41) is 9.96. The molecule has 0 aromatic heterocycles. The Morgan fingerprint density at radius 2 is 2.08 bits per heavy atom. The van der Waals surface area contributed by atoms with E-state index in [4.69, 9.17) is 5.11 Å². The molecule has 1 aromatic rings. The van der Waals surface area contributed by atoms with E-state index in [9.17, 15) is 4.79 Å². The zero-order valence-corrected chi connectivity index (χ0v) is 8.53. The van der Waals surface area contributed by atoms with Crippen LogP contribution in [0.4, 0.5) is 0 Å². The van der Waals surface area contributed by atoms with Crippen LogP contribution in [0, 0.1) is 0 Å². The molecule has 0 fully saturated rings. The Labute approximate surface area is 79.8 Å². The van der Waals surface area contributed by atoms with Gasteiger partial charge in [-0.15, -0.1) is 0 Å². The number of benzene rings is 1. The number of hydrogen-bond acceptors (Lipinski definition) is 1. The SMILES string of the molecule is CCC(Pc1ccccc1)C(=O)O. The van der Waals surface area contributed by atoms with Crippen molar-refractivity contribution in [3.05, 3.63) is 30.3 Å². The van der Waals surface area contributed by atoms with Crippen LogP contribution < -0.4 is 5.30 Å². The molecule has 0 bridgehead atoms. The van der Waals surface area contributed by atoms with Gasteiger partial charge in [-0.25, -0.2) is 0 Å². The molecule has 3 heteroatoms. The van der Waals surface area contributed by atoms with Gasteiger partial charge in [-0.2, -0.15) is 0 Å². The minimum Gasteiger partial charge on any atom is -0.481 e. The van der Waals surface area contributed by atoms with E-state index in [1.807, 2.05) is 37.3 Å². The number of carbonyl (C=O) groups is 1. The van der Waals surface area contributed by atoms with Gasteiger partial charge in [-0.3, -0.25) is 4.79 Å². The highest BCUT2D eigenvalue weighted by Gasteiger charge is 2.14. The molecule has 0 aliphatic heterocycles. The molecule has 2 unspecified atom stereocenters. The van der Waals surface area contributed by atoms with E-state index in [2.05, 4.69) is 0 Å². The zero-order chi connectivity index (χ0) is 9.68. The summed E-state index contributed by atoms with van der Waals surface area (Å²) in [6.45, 7) is 1.91. The number of carboxylic acid groups (broad SMARTS) is 1. The molecule has 0 spiro atoms. The molecule has 13 heavy (non-hydrogen) atoms. The maximum Gasteiger partial charge on any atom is 0.310 e. The molecule has 0 saturated heterocycles. The lowest BCUT2D eigenvalue weighted by atomic mass is 10.3. The molecule has 0 aliphatic carbocycles. The monoisotopic (exact) mass is 196 g/mol. The van der Waals surface area contributed by atoms with E-state index in [1.54, 1.807) is 0 Å². The van der Waals surface area contributed by atoms with Gasteiger partial charge >= 0.3 is 5.97 Å². The second-order valence-corrected chi connectivity index (χ2v) is 4.37. The summed E-state index contributed by atoms with van der Waals surface area (Å²) in [6.07, 6.45) is 0.697. The van der Waals surface area contributed by atoms with Crippen LogP contribution in [0.25, 0.3) is 0 Å². The third-order valence-corrected chi connectivity index (χ3v) is 3.49. The van der Waals surface area contributed by atoms with Crippen LogP contribution in [0.15, 0.2) is 30.3 Å². The van der Waals surface area contributed by atoms with Gasteiger partial charge < -0.3 is 5.11 Å². The van der Waals surface area contributed by atoms with Gasteiger partial charge in [0.05, 0.1) is 5.66 Å². The van der Waals surface area contributed by atoms with Crippen molar-refractivity contribution in [2.45, 2.75) is 19.0 Å². The minimum absolute atomic E-state index is 0.220. The van der Waals surface area contributed by atoms with Crippen molar-refractivity contribution < 1.29 is 9.90 Å². The molecule has 0 radical (unpaired) electrons. The first-order valence-electron chi connectivity index (χ1n) is 4.28. The number of hydrogen-bond donors (Lipinski definition) is 1. The summed E-state index contributed by atoms with van der Waals surface area (Å²) in [5.41, 5.74) is -0.220. The van der Waals surface area contributed by atoms with E-state index in [0.717, 1.165) is 5.30 Å². The van der Waals surface area contributed by atoms with Crippen molar-refractivity contribution in [2.75, 3.05) is 0 Å². The van der Waals surface area contributed by atoms with Crippen LogP contribution in [-0.4, -0.2) is 16.7 Å². The van der Waals surface area contributed by atoms with Crippen LogP contribution in [-0.2, 0) is 4.79 Å². The third kappa shape index (κ3) is 3.16. The lowest BCUT2D eigenvalue weighted by molar-refractivity contribution is -0.136. The van der Waals surface area contributed by atoms with Crippen molar-refractivity contribution in [1.82, 2.24) is 0 Å². The van der Waals surface area contributed by atoms with Gasteiger partial charge in [-0.05, 0) is 11.7 Å². The Hall–Kier alpha value is -0.880. The largest absolute Gasteiger partial charge is 0.481 e. The van der Waals surface area contributed by atoms with Gasteiger partial charge in [-0.1, -0.05) is 45.8 Å². The summed E-state index contributed by atoms with van der Waals surface area (Å²) in [6, 6.07) is 9.78. The first kappa shape index (κ1) is 10.2. The smallest absolute Gasteiger partial charge is 0.310 e. The molecule has 0 aliphatic rings. The summed E-state index contributed by atoms with van der Waals surface area (Å²) in [7, 11) is 0.376. The summed E-state index contributed by atoms with van der Waals surface area (Å²) >= 11 is 0. The predicted octanol–water partition coefficient (Wildman–Crippen LogP) is 1.85. The topological polar surface area (TPSA) is 37.3 Å². The highest BCUT2D eigenvalue weighted by molar-refractivity contribution is 7.49. The fraction of sp³-hybridized carbons (Fsp3) is 0.300. The first-order valence-corrected chi connectivity index (χ1v) is 5.36. The molecule has 1 aromatic carbocycles. The van der Waals surface area contributed by atoms with Gasteiger partial charge in [0.2, 0.25) is 0 Å². The predicted molar refractivity (Wildman–Crippen MR) is 56.1 cm³/mol. The molecular weight excluding hydrogens is 183 g/mol. The highest BCUT2D eigenvalue weighted by Crippen LogP contribution is 2.21. The van der Waals surface area contributed by atoms with Crippen LogP contribution in [0.2, 0.25) is 0 Å². The molecule has 70 valence electrons. The number of aliphatic carboxylic acids is 1. The Bertz CT molecular complexity index is 272. The van der Waals surface area contributed by atoms with Crippen molar-refractivity contribution in [1.29, 1.82) is 0 Å². The van der Waals surface area contributed by atoms with Crippen molar-refractivity contribution in [3.63, 3.8) is 0 Å². The fourth-order valence-corrected chi connectivity index (χ4v) is 2.19. The van der Waals surface area contributed by atoms with E-state index in [1.165, 1.54) is 0 Å². The Morgan fingerprint density at radius 3 is 2.54 bits per heavy atom. The average Bonchev–Trinajstić information content (AvgIpc) is 2.15. The van der Waals surface area contributed by atoms with Crippen molar-refractivity contribution in [3.8, 4) is 0 Å². The quantitative estimate of drug-likeness (QED) is 0.746. The summed E-state index contributed by atoms with van der Waals surface area (Å²) in [4.78, 5) is 10.7. The number of carboxylic acids is 1. The highest BCUT2D eigenvalue weighted by atomic mass is 31.1. The maximum atomic E-state index is 10.7. The molecule has 1 N–H and O–H groups in total. The zero-order valence-electron chi connectivity index (χ0n) is 7.53. The van der Waals surface area contributed by atoms with Gasteiger partial charge in [0.15, 0.2) is 0 Å². The molecule has 1 rings (SSSR count). The normalized spacial score (nSPS) is 13.3. The molecule has 2 atom stereocenters. The first-order chi connectivity index (χ1) is 6.24.